The van der Waals surface area contributed by atoms with Crippen molar-refractivity contribution in [2.45, 2.75) is 4.90 Å². The molecule has 0 spiro atoms. The van der Waals surface area contributed by atoms with Crippen molar-refractivity contribution in [3.05, 3.63) is 18.2 Å². The molecule has 0 heterocycles. The van der Waals surface area contributed by atoms with Crippen LogP contribution in [0.1, 0.15) is 0 Å². The van der Waals surface area contributed by atoms with Crippen molar-refractivity contribution in [3.63, 3.8) is 0 Å². The number of hydrogen-bond donors (Lipinski definition) is 1. The summed E-state index contributed by atoms with van der Waals surface area (Å²) in [4.78, 5) is 13.1. The SMILES string of the molecule is COc1ccc(S(N)(=O)=O)c(N=C=O)c1. The van der Waals surface area contributed by atoms with Gasteiger partial charge in [-0.3, -0.25) is 0 Å². The molecule has 15 heavy (non-hydrogen) atoms. The van der Waals surface area contributed by atoms with Crippen LogP contribution in [0, 0.1) is 0 Å². The first-order valence-electron chi connectivity index (χ1n) is 3.77. The summed E-state index contributed by atoms with van der Waals surface area (Å²) in [6.07, 6.45) is 1.25. The minimum absolute atomic E-state index is 0.0909. The number of benzene rings is 1. The second kappa shape index (κ2) is 4.22. The van der Waals surface area contributed by atoms with Gasteiger partial charge in [-0.05, 0) is 12.1 Å². The molecular weight excluding hydrogens is 220 g/mol. The number of primary sulfonamides is 1. The van der Waals surface area contributed by atoms with E-state index in [1.807, 2.05) is 0 Å². The number of sulfonamides is 1. The number of isocyanates is 1. The van der Waals surface area contributed by atoms with E-state index in [2.05, 4.69) is 4.99 Å². The van der Waals surface area contributed by atoms with Gasteiger partial charge in [0.1, 0.15) is 10.6 Å². The van der Waals surface area contributed by atoms with Crippen molar-refractivity contribution in [3.8, 4) is 5.75 Å². The summed E-state index contributed by atoms with van der Waals surface area (Å²) < 4.78 is 27.0. The Morgan fingerprint density at radius 2 is 2.13 bits per heavy atom. The van der Waals surface area contributed by atoms with Crippen LogP contribution in [0.15, 0.2) is 28.1 Å². The van der Waals surface area contributed by atoms with Crippen molar-refractivity contribution in [1.82, 2.24) is 0 Å². The molecule has 0 atom stereocenters. The van der Waals surface area contributed by atoms with E-state index >= 15 is 0 Å². The van der Waals surface area contributed by atoms with Crippen LogP contribution in [-0.2, 0) is 14.8 Å². The van der Waals surface area contributed by atoms with Crippen LogP contribution < -0.4 is 9.88 Å². The lowest BCUT2D eigenvalue weighted by atomic mass is 10.3. The molecule has 0 amide bonds. The fourth-order valence-corrected chi connectivity index (χ4v) is 1.66. The highest BCUT2D eigenvalue weighted by atomic mass is 32.2. The number of hydrogen-bond acceptors (Lipinski definition) is 5. The average molecular weight is 228 g/mol. The molecule has 2 N–H and O–H groups in total. The molecule has 7 heteroatoms. The minimum Gasteiger partial charge on any atom is -0.497 e. The molecule has 1 aromatic rings. The maximum Gasteiger partial charge on any atom is 0.240 e. The molecule has 0 aliphatic heterocycles. The molecule has 0 fully saturated rings. The Bertz CT molecular complexity index is 517. The topological polar surface area (TPSA) is 98.8 Å². The molecule has 0 aliphatic rings. The number of aliphatic imine (C=N–C) groups is 1. The Labute approximate surface area is 86.4 Å². The minimum atomic E-state index is -3.91. The summed E-state index contributed by atoms with van der Waals surface area (Å²) in [5.74, 6) is 0.372. The van der Waals surface area contributed by atoms with E-state index in [0.29, 0.717) is 5.75 Å². The maximum atomic E-state index is 11.1. The van der Waals surface area contributed by atoms with Crippen LogP contribution in [0.4, 0.5) is 5.69 Å². The summed E-state index contributed by atoms with van der Waals surface area (Å²) in [5.41, 5.74) is -0.0909. The number of nitrogens with two attached hydrogens (primary N) is 1. The lowest BCUT2D eigenvalue weighted by molar-refractivity contribution is 0.414. The molecule has 0 saturated heterocycles. The number of methoxy groups -OCH3 is 1. The molecule has 1 aromatic carbocycles. The molecule has 1 rings (SSSR count). The normalized spacial score (nSPS) is 10.5. The van der Waals surface area contributed by atoms with Crippen LogP contribution in [0.3, 0.4) is 0 Å². The van der Waals surface area contributed by atoms with E-state index in [1.165, 1.54) is 31.4 Å². The second-order valence-corrected chi connectivity index (χ2v) is 4.11. The number of rotatable bonds is 3. The van der Waals surface area contributed by atoms with Gasteiger partial charge < -0.3 is 4.74 Å². The van der Waals surface area contributed by atoms with Gasteiger partial charge in [-0.25, -0.2) is 18.4 Å². The Kier molecular flexibility index (Phi) is 3.21. The lowest BCUT2D eigenvalue weighted by Gasteiger charge is -2.04. The second-order valence-electron chi connectivity index (χ2n) is 2.58. The van der Waals surface area contributed by atoms with Gasteiger partial charge in [-0.2, -0.15) is 4.99 Å². The smallest absolute Gasteiger partial charge is 0.240 e. The zero-order valence-corrected chi connectivity index (χ0v) is 8.61. The lowest BCUT2D eigenvalue weighted by Crippen LogP contribution is -2.12. The Morgan fingerprint density at radius 3 is 2.60 bits per heavy atom. The Balaban J connectivity index is 3.47. The van der Waals surface area contributed by atoms with E-state index < -0.39 is 10.0 Å². The summed E-state index contributed by atoms with van der Waals surface area (Å²) in [7, 11) is -2.51. The van der Waals surface area contributed by atoms with Crippen molar-refractivity contribution in [2.75, 3.05) is 7.11 Å². The largest absolute Gasteiger partial charge is 0.497 e. The van der Waals surface area contributed by atoms with E-state index in [-0.39, 0.29) is 10.6 Å². The fourth-order valence-electron chi connectivity index (χ4n) is 1.00. The molecule has 6 nitrogen and oxygen atoms in total. The fraction of sp³-hybridized carbons (Fsp3) is 0.125. The molecule has 0 aliphatic carbocycles. The van der Waals surface area contributed by atoms with Crippen molar-refractivity contribution in [2.24, 2.45) is 10.1 Å². The zero-order chi connectivity index (χ0) is 11.5. The molecule has 0 bridgehead atoms. The van der Waals surface area contributed by atoms with Crippen LogP contribution in [0.2, 0.25) is 0 Å². The predicted octanol–water partition coefficient (Wildman–Crippen LogP) is 0.310. The molecule has 0 saturated carbocycles. The first kappa shape index (κ1) is 11.4. The third-order valence-electron chi connectivity index (χ3n) is 1.64. The molecule has 80 valence electrons. The Morgan fingerprint density at radius 1 is 1.47 bits per heavy atom. The van der Waals surface area contributed by atoms with Gasteiger partial charge in [0.05, 0.1) is 12.8 Å². The first-order chi connectivity index (χ1) is 6.99. The summed E-state index contributed by atoms with van der Waals surface area (Å²) in [6.45, 7) is 0. The molecule has 0 aromatic heterocycles. The number of carbonyl (C=O) groups excluding carboxylic acids is 1. The van der Waals surface area contributed by atoms with Gasteiger partial charge in [-0.15, -0.1) is 0 Å². The van der Waals surface area contributed by atoms with Crippen LogP contribution in [-0.4, -0.2) is 21.6 Å². The average Bonchev–Trinajstić information content (AvgIpc) is 2.16. The standard InChI is InChI=1S/C8H8N2O4S/c1-14-6-2-3-8(15(9,12)13)7(4-6)10-5-11/h2-4H,1H3,(H2,9,12,13). The molecule has 0 radical (unpaired) electrons. The third kappa shape index (κ3) is 2.63. The predicted molar refractivity (Wildman–Crippen MR) is 52.1 cm³/mol. The molecule has 0 unspecified atom stereocenters. The first-order valence-corrected chi connectivity index (χ1v) is 5.32. The van der Waals surface area contributed by atoms with E-state index in [0.717, 1.165) is 0 Å². The van der Waals surface area contributed by atoms with Gasteiger partial charge >= 0.3 is 0 Å². The van der Waals surface area contributed by atoms with Crippen molar-refractivity contribution >= 4 is 21.8 Å². The van der Waals surface area contributed by atoms with Gasteiger partial charge in [0, 0.05) is 6.07 Å². The quantitative estimate of drug-likeness (QED) is 0.594. The van der Waals surface area contributed by atoms with Crippen LogP contribution >= 0.6 is 0 Å². The van der Waals surface area contributed by atoms with Gasteiger partial charge in [0.15, 0.2) is 0 Å². The Hall–Kier alpha value is -1.69. The van der Waals surface area contributed by atoms with Gasteiger partial charge in [0.25, 0.3) is 0 Å². The van der Waals surface area contributed by atoms with E-state index in [9.17, 15) is 13.2 Å². The van der Waals surface area contributed by atoms with Gasteiger partial charge in [0.2, 0.25) is 16.1 Å². The summed E-state index contributed by atoms with van der Waals surface area (Å²) in [5, 5.41) is 4.92. The highest BCUT2D eigenvalue weighted by Crippen LogP contribution is 2.27. The zero-order valence-electron chi connectivity index (χ0n) is 7.80. The van der Waals surface area contributed by atoms with Crippen molar-refractivity contribution in [1.29, 1.82) is 0 Å². The monoisotopic (exact) mass is 228 g/mol. The van der Waals surface area contributed by atoms with E-state index in [4.69, 9.17) is 9.88 Å². The maximum absolute atomic E-state index is 11.1. The summed E-state index contributed by atoms with van der Waals surface area (Å²) in [6, 6.07) is 3.90. The van der Waals surface area contributed by atoms with Crippen LogP contribution in [0.25, 0.3) is 0 Å². The highest BCUT2D eigenvalue weighted by molar-refractivity contribution is 7.89. The third-order valence-corrected chi connectivity index (χ3v) is 2.60. The van der Waals surface area contributed by atoms with E-state index in [1.54, 1.807) is 0 Å². The van der Waals surface area contributed by atoms with Gasteiger partial charge in [-0.1, -0.05) is 0 Å². The van der Waals surface area contributed by atoms with Crippen molar-refractivity contribution < 1.29 is 17.9 Å². The number of nitrogens with zero attached hydrogens (tertiary/aromatic N) is 1. The van der Waals surface area contributed by atoms with Crippen LogP contribution in [0.5, 0.6) is 5.75 Å². The highest BCUT2D eigenvalue weighted by Gasteiger charge is 2.14. The molecular formula is C8H8N2O4S. The number of ether oxygens (including phenoxy) is 1. The summed E-state index contributed by atoms with van der Waals surface area (Å²) >= 11 is 0.